The van der Waals surface area contributed by atoms with Crippen molar-refractivity contribution in [1.29, 1.82) is 0 Å². The van der Waals surface area contributed by atoms with Crippen LogP contribution in [0.15, 0.2) is 0 Å². The van der Waals surface area contributed by atoms with E-state index in [1.165, 1.54) is 18.4 Å². The van der Waals surface area contributed by atoms with E-state index in [9.17, 15) is 14.4 Å². The number of methoxy groups -OCH3 is 1. The highest BCUT2D eigenvalue weighted by molar-refractivity contribution is 7.18. The maximum atomic E-state index is 12.1. The summed E-state index contributed by atoms with van der Waals surface area (Å²) in [6.45, 7) is 4.08. The lowest BCUT2D eigenvalue weighted by Crippen LogP contribution is -2.37. The third-order valence-electron chi connectivity index (χ3n) is 4.68. The first-order chi connectivity index (χ1) is 12.5. The van der Waals surface area contributed by atoms with Gasteiger partial charge in [-0.2, -0.15) is 0 Å². The van der Waals surface area contributed by atoms with Gasteiger partial charge < -0.3 is 14.4 Å². The van der Waals surface area contributed by atoms with Gasteiger partial charge in [-0.15, -0.1) is 0 Å². The summed E-state index contributed by atoms with van der Waals surface area (Å²) in [6.07, 6.45) is 2.60. The molecule has 2 saturated heterocycles. The Kier molecular flexibility index (Phi) is 5.75. The van der Waals surface area contributed by atoms with Crippen LogP contribution in [0, 0.1) is 5.92 Å². The highest BCUT2D eigenvalue weighted by atomic mass is 32.1. The number of thiazole rings is 1. The minimum atomic E-state index is -0.482. The highest BCUT2D eigenvalue weighted by Crippen LogP contribution is 2.36. The summed E-state index contributed by atoms with van der Waals surface area (Å²) in [5.74, 6) is -0.347. The minimum absolute atomic E-state index is 0.0203. The highest BCUT2D eigenvalue weighted by Gasteiger charge is 2.33. The largest absolute Gasteiger partial charge is 0.466 e. The van der Waals surface area contributed by atoms with Crippen LogP contribution in [0.2, 0.25) is 0 Å². The van der Waals surface area contributed by atoms with Crippen molar-refractivity contribution < 1.29 is 23.9 Å². The number of nitrogens with zero attached hydrogens (tertiary/aromatic N) is 3. The van der Waals surface area contributed by atoms with Gasteiger partial charge in [-0.25, -0.2) is 9.78 Å². The van der Waals surface area contributed by atoms with Crippen molar-refractivity contribution in [2.24, 2.45) is 5.92 Å². The van der Waals surface area contributed by atoms with Crippen molar-refractivity contribution in [2.75, 3.05) is 43.2 Å². The number of ether oxygens (including phenoxy) is 2. The zero-order valence-electron chi connectivity index (χ0n) is 15.0. The molecule has 0 saturated carbocycles. The van der Waals surface area contributed by atoms with Gasteiger partial charge in [0.05, 0.1) is 19.6 Å². The van der Waals surface area contributed by atoms with Gasteiger partial charge in [0.2, 0.25) is 5.91 Å². The summed E-state index contributed by atoms with van der Waals surface area (Å²) in [5, 5.41) is 0.683. The van der Waals surface area contributed by atoms with E-state index < -0.39 is 5.97 Å². The third kappa shape index (κ3) is 3.67. The average molecular weight is 381 g/mol. The molecule has 0 bridgehead atoms. The number of esters is 2. The summed E-state index contributed by atoms with van der Waals surface area (Å²) >= 11 is 1.24. The fourth-order valence-corrected chi connectivity index (χ4v) is 4.32. The standard InChI is InChI=1S/C17H23N3O5S/c1-3-25-15(22)11-6-9-19(10-7-11)17-18-14(13(26-17)16(23)24-2)20-8-4-5-12(20)21/h11H,3-10H2,1-2H3. The van der Waals surface area contributed by atoms with Crippen LogP contribution in [0.3, 0.4) is 0 Å². The molecule has 0 aliphatic carbocycles. The summed E-state index contributed by atoms with van der Waals surface area (Å²) in [4.78, 5) is 44.6. The van der Waals surface area contributed by atoms with Gasteiger partial charge in [-0.3, -0.25) is 14.5 Å². The van der Waals surface area contributed by atoms with Crippen LogP contribution in [-0.2, 0) is 19.1 Å². The van der Waals surface area contributed by atoms with Crippen molar-refractivity contribution in [1.82, 2.24) is 4.98 Å². The molecule has 26 heavy (non-hydrogen) atoms. The van der Waals surface area contributed by atoms with Crippen LogP contribution in [-0.4, -0.2) is 56.2 Å². The van der Waals surface area contributed by atoms with Gasteiger partial charge in [-0.1, -0.05) is 11.3 Å². The number of carbonyl (C=O) groups is 3. The molecule has 2 fully saturated rings. The summed E-state index contributed by atoms with van der Waals surface area (Å²) in [6, 6.07) is 0. The van der Waals surface area contributed by atoms with Gasteiger partial charge >= 0.3 is 11.9 Å². The van der Waals surface area contributed by atoms with Crippen LogP contribution in [0.5, 0.6) is 0 Å². The van der Waals surface area contributed by atoms with E-state index in [1.807, 2.05) is 0 Å². The van der Waals surface area contributed by atoms with E-state index in [-0.39, 0.29) is 17.8 Å². The maximum Gasteiger partial charge on any atom is 0.352 e. The predicted octanol–water partition coefficient (Wildman–Crippen LogP) is 1.84. The summed E-state index contributed by atoms with van der Waals surface area (Å²) in [7, 11) is 1.32. The number of piperidine rings is 1. The van der Waals surface area contributed by atoms with Crippen molar-refractivity contribution in [3.05, 3.63) is 4.88 Å². The van der Waals surface area contributed by atoms with Gasteiger partial charge in [0.1, 0.15) is 0 Å². The lowest BCUT2D eigenvalue weighted by atomic mass is 9.97. The topological polar surface area (TPSA) is 89.0 Å². The molecule has 0 radical (unpaired) electrons. The van der Waals surface area contributed by atoms with Crippen molar-refractivity contribution in [3.63, 3.8) is 0 Å². The second kappa shape index (κ2) is 8.03. The molecule has 0 N–H and O–H groups in total. The number of hydrogen-bond acceptors (Lipinski definition) is 8. The van der Waals surface area contributed by atoms with Crippen LogP contribution >= 0.6 is 11.3 Å². The monoisotopic (exact) mass is 381 g/mol. The van der Waals surface area contributed by atoms with Crippen LogP contribution in [0.4, 0.5) is 10.9 Å². The molecule has 1 aromatic rings. The molecule has 1 aromatic heterocycles. The molecule has 0 atom stereocenters. The van der Waals surface area contributed by atoms with E-state index in [0.29, 0.717) is 61.3 Å². The molecule has 2 aliphatic rings. The molecule has 8 nitrogen and oxygen atoms in total. The van der Waals surface area contributed by atoms with Crippen molar-refractivity contribution in [2.45, 2.75) is 32.6 Å². The zero-order chi connectivity index (χ0) is 18.7. The maximum absolute atomic E-state index is 12.1. The summed E-state index contributed by atoms with van der Waals surface area (Å²) < 4.78 is 9.96. The van der Waals surface area contributed by atoms with Crippen LogP contribution in [0.25, 0.3) is 0 Å². The Morgan fingerprint density at radius 3 is 2.58 bits per heavy atom. The first kappa shape index (κ1) is 18.6. The Morgan fingerprint density at radius 1 is 1.27 bits per heavy atom. The minimum Gasteiger partial charge on any atom is -0.466 e. The number of hydrogen-bond donors (Lipinski definition) is 0. The van der Waals surface area contributed by atoms with Gasteiger partial charge in [0.15, 0.2) is 15.8 Å². The average Bonchev–Trinajstić information content (AvgIpc) is 3.27. The van der Waals surface area contributed by atoms with E-state index in [0.717, 1.165) is 6.42 Å². The first-order valence-corrected chi connectivity index (χ1v) is 9.67. The van der Waals surface area contributed by atoms with Gasteiger partial charge in [0, 0.05) is 26.1 Å². The normalized spacial score (nSPS) is 18.3. The Morgan fingerprint density at radius 2 is 2.00 bits per heavy atom. The smallest absolute Gasteiger partial charge is 0.352 e. The Bertz CT molecular complexity index is 697. The van der Waals surface area contributed by atoms with Gasteiger partial charge in [-0.05, 0) is 26.2 Å². The third-order valence-corrected chi connectivity index (χ3v) is 5.77. The van der Waals surface area contributed by atoms with E-state index in [4.69, 9.17) is 9.47 Å². The molecule has 0 aromatic carbocycles. The van der Waals surface area contributed by atoms with E-state index in [1.54, 1.807) is 11.8 Å². The Hall–Kier alpha value is -2.16. The number of carbonyl (C=O) groups excluding carboxylic acids is 3. The number of rotatable bonds is 5. The fraction of sp³-hybridized carbons (Fsp3) is 0.647. The zero-order valence-corrected chi connectivity index (χ0v) is 15.8. The molecular weight excluding hydrogens is 358 g/mol. The molecule has 3 heterocycles. The molecule has 142 valence electrons. The van der Waals surface area contributed by atoms with Crippen LogP contribution < -0.4 is 9.80 Å². The molecule has 3 rings (SSSR count). The van der Waals surface area contributed by atoms with Crippen molar-refractivity contribution >= 4 is 40.1 Å². The summed E-state index contributed by atoms with van der Waals surface area (Å²) in [5.41, 5.74) is 0. The van der Waals surface area contributed by atoms with Gasteiger partial charge in [0.25, 0.3) is 0 Å². The first-order valence-electron chi connectivity index (χ1n) is 8.86. The number of anilines is 2. The quantitative estimate of drug-likeness (QED) is 0.719. The van der Waals surface area contributed by atoms with E-state index >= 15 is 0 Å². The Balaban J connectivity index is 1.77. The fourth-order valence-electron chi connectivity index (χ4n) is 3.28. The van der Waals surface area contributed by atoms with E-state index in [2.05, 4.69) is 9.88 Å². The molecule has 9 heteroatoms. The second-order valence-electron chi connectivity index (χ2n) is 6.30. The van der Waals surface area contributed by atoms with Crippen molar-refractivity contribution in [3.8, 4) is 0 Å². The lowest BCUT2D eigenvalue weighted by Gasteiger charge is -2.30. The number of aromatic nitrogens is 1. The second-order valence-corrected chi connectivity index (χ2v) is 7.28. The molecule has 2 aliphatic heterocycles. The molecule has 0 spiro atoms. The Labute approximate surface area is 156 Å². The molecular formula is C17H23N3O5S. The molecule has 1 amide bonds. The lowest BCUT2D eigenvalue weighted by molar-refractivity contribution is -0.148. The number of amides is 1. The SMILES string of the molecule is CCOC(=O)C1CCN(c2nc(N3CCCC3=O)c(C(=O)OC)s2)CC1. The molecule has 0 unspecified atom stereocenters. The predicted molar refractivity (Wildman–Crippen MR) is 96.6 cm³/mol. The van der Waals surface area contributed by atoms with Crippen LogP contribution in [0.1, 0.15) is 42.3 Å².